The summed E-state index contributed by atoms with van der Waals surface area (Å²) in [6.45, 7) is 0.344. The van der Waals surface area contributed by atoms with Crippen LogP contribution in [-0.4, -0.2) is 38.0 Å². The van der Waals surface area contributed by atoms with Crippen molar-refractivity contribution in [1.82, 2.24) is 5.32 Å². The highest BCUT2D eigenvalue weighted by molar-refractivity contribution is 7.91. The Bertz CT molecular complexity index is 629. The zero-order valence-corrected chi connectivity index (χ0v) is 12.7. The van der Waals surface area contributed by atoms with Gasteiger partial charge in [0.05, 0.1) is 28.9 Å². The lowest BCUT2D eigenvalue weighted by Gasteiger charge is -2.28. The van der Waals surface area contributed by atoms with Crippen molar-refractivity contribution in [1.29, 1.82) is 5.26 Å². The van der Waals surface area contributed by atoms with E-state index in [1.54, 1.807) is 12.1 Å². The molecule has 1 aliphatic rings. The lowest BCUT2D eigenvalue weighted by molar-refractivity contribution is 0.167. The highest BCUT2D eigenvalue weighted by Gasteiger charge is 2.32. The number of hydrogen-bond acceptors (Lipinski definition) is 5. The van der Waals surface area contributed by atoms with Gasteiger partial charge in [0.1, 0.15) is 0 Å². The molecule has 1 saturated carbocycles. The Labute approximate surface area is 125 Å². The molecular weight excluding hydrogens is 288 g/mol. The van der Waals surface area contributed by atoms with Gasteiger partial charge in [-0.15, -0.1) is 0 Å². The third-order valence-corrected chi connectivity index (χ3v) is 5.77. The number of aliphatic hydroxyl groups excluding tert-OH is 1. The molecular formula is C15H20N2O3S. The van der Waals surface area contributed by atoms with Crippen LogP contribution in [-0.2, 0) is 9.84 Å². The monoisotopic (exact) mass is 308 g/mol. The normalized spacial score (nSPS) is 17.5. The number of aliphatic hydroxyl groups is 1. The van der Waals surface area contributed by atoms with E-state index in [4.69, 9.17) is 5.26 Å². The van der Waals surface area contributed by atoms with Crippen molar-refractivity contribution >= 4 is 9.84 Å². The number of benzene rings is 1. The maximum atomic E-state index is 12.3. The molecule has 0 aromatic heterocycles. The zero-order valence-electron chi connectivity index (χ0n) is 11.9. The minimum absolute atomic E-state index is 0.0381. The van der Waals surface area contributed by atoms with E-state index in [9.17, 15) is 13.5 Å². The van der Waals surface area contributed by atoms with Crippen molar-refractivity contribution in [2.45, 2.75) is 36.1 Å². The minimum Gasteiger partial charge on any atom is -0.394 e. The molecule has 0 saturated heterocycles. The lowest BCUT2D eigenvalue weighted by atomic mass is 9.99. The first kappa shape index (κ1) is 16.0. The second kappa shape index (κ2) is 6.56. The van der Waals surface area contributed by atoms with Gasteiger partial charge in [0.15, 0.2) is 9.84 Å². The molecule has 0 radical (unpaired) electrons. The first-order valence-electron chi connectivity index (χ1n) is 7.10. The number of hydrogen-bond donors (Lipinski definition) is 2. The van der Waals surface area contributed by atoms with Crippen molar-refractivity contribution in [3.63, 3.8) is 0 Å². The third kappa shape index (κ3) is 3.82. The molecule has 5 nitrogen and oxygen atoms in total. The van der Waals surface area contributed by atoms with Crippen LogP contribution in [0.3, 0.4) is 0 Å². The molecule has 0 atom stereocenters. The Morgan fingerprint density at radius 1 is 1.33 bits per heavy atom. The summed E-state index contributed by atoms with van der Waals surface area (Å²) in [4.78, 5) is 0.174. The predicted octanol–water partition coefficient (Wildman–Crippen LogP) is 1.23. The summed E-state index contributed by atoms with van der Waals surface area (Å²) in [5.41, 5.74) is 0.0240. The molecule has 0 spiro atoms. The zero-order chi connectivity index (χ0) is 15.3. The van der Waals surface area contributed by atoms with Gasteiger partial charge in [-0.25, -0.2) is 8.42 Å². The Morgan fingerprint density at radius 2 is 2.05 bits per heavy atom. The van der Waals surface area contributed by atoms with Gasteiger partial charge in [-0.3, -0.25) is 0 Å². The highest BCUT2D eigenvalue weighted by Crippen LogP contribution is 2.28. The molecule has 1 aliphatic carbocycles. The van der Waals surface area contributed by atoms with Crippen molar-refractivity contribution in [2.75, 3.05) is 18.9 Å². The van der Waals surface area contributed by atoms with Crippen LogP contribution in [0.25, 0.3) is 0 Å². The summed E-state index contributed by atoms with van der Waals surface area (Å²) in [6, 6.07) is 8.00. The first-order valence-corrected chi connectivity index (χ1v) is 8.75. The fraction of sp³-hybridized carbons (Fsp3) is 0.533. The quantitative estimate of drug-likeness (QED) is 0.825. The van der Waals surface area contributed by atoms with Crippen molar-refractivity contribution in [3.8, 4) is 6.07 Å². The maximum absolute atomic E-state index is 12.3. The average molecular weight is 308 g/mol. The molecule has 21 heavy (non-hydrogen) atoms. The van der Waals surface area contributed by atoms with Crippen molar-refractivity contribution in [3.05, 3.63) is 29.8 Å². The highest BCUT2D eigenvalue weighted by atomic mass is 32.2. The number of nitriles is 1. The smallest absolute Gasteiger partial charge is 0.179 e. The van der Waals surface area contributed by atoms with Gasteiger partial charge >= 0.3 is 0 Å². The Morgan fingerprint density at radius 3 is 2.67 bits per heavy atom. The van der Waals surface area contributed by atoms with Crippen molar-refractivity contribution in [2.24, 2.45) is 0 Å². The summed E-state index contributed by atoms with van der Waals surface area (Å²) < 4.78 is 24.5. The van der Waals surface area contributed by atoms with E-state index >= 15 is 0 Å². The van der Waals surface area contributed by atoms with Crippen LogP contribution in [0.4, 0.5) is 0 Å². The third-order valence-electron chi connectivity index (χ3n) is 4.06. The van der Waals surface area contributed by atoms with Crippen LogP contribution in [0.1, 0.15) is 31.2 Å². The van der Waals surface area contributed by atoms with Gasteiger partial charge in [-0.05, 0) is 31.0 Å². The van der Waals surface area contributed by atoms with Crippen LogP contribution in [0.2, 0.25) is 0 Å². The van der Waals surface area contributed by atoms with Gasteiger partial charge in [0.2, 0.25) is 0 Å². The Hall–Kier alpha value is -1.42. The van der Waals surface area contributed by atoms with E-state index in [-0.39, 0.29) is 22.8 Å². The number of nitrogens with zero attached hydrogens (tertiary/aromatic N) is 1. The van der Waals surface area contributed by atoms with E-state index in [2.05, 4.69) is 5.32 Å². The molecule has 2 rings (SSSR count). The topological polar surface area (TPSA) is 90.2 Å². The van der Waals surface area contributed by atoms with Gasteiger partial charge < -0.3 is 10.4 Å². The Balaban J connectivity index is 2.00. The molecule has 114 valence electrons. The maximum Gasteiger partial charge on any atom is 0.179 e. The van der Waals surface area contributed by atoms with E-state index in [0.29, 0.717) is 12.1 Å². The molecule has 1 fully saturated rings. The Kier molecular flexibility index (Phi) is 4.99. The summed E-state index contributed by atoms with van der Waals surface area (Å²) in [5, 5.41) is 21.5. The standard InChI is InChI=1S/C15H20N2O3S/c16-11-13-4-3-5-14(10-13)21(19,20)9-8-17-15(12-18)6-1-2-7-15/h3-5,10,17-18H,1-2,6-9,12H2. The molecule has 0 unspecified atom stereocenters. The van der Waals surface area contributed by atoms with Gasteiger partial charge in [-0.2, -0.15) is 5.26 Å². The number of sulfone groups is 1. The SMILES string of the molecule is N#Cc1cccc(S(=O)(=O)CCNC2(CO)CCCC2)c1. The average Bonchev–Trinajstić information content (AvgIpc) is 2.96. The van der Waals surface area contributed by atoms with Crippen molar-refractivity contribution < 1.29 is 13.5 Å². The second-order valence-corrected chi connectivity index (χ2v) is 7.64. The predicted molar refractivity (Wildman–Crippen MR) is 79.5 cm³/mol. The van der Waals surface area contributed by atoms with Gasteiger partial charge in [0, 0.05) is 12.1 Å². The number of rotatable bonds is 6. The van der Waals surface area contributed by atoms with E-state index in [1.807, 2.05) is 6.07 Å². The van der Waals surface area contributed by atoms with Crippen LogP contribution in [0, 0.1) is 11.3 Å². The fourth-order valence-corrected chi connectivity index (χ4v) is 3.97. The molecule has 2 N–H and O–H groups in total. The van der Waals surface area contributed by atoms with Crippen LogP contribution in [0.5, 0.6) is 0 Å². The largest absolute Gasteiger partial charge is 0.394 e. The molecule has 1 aromatic carbocycles. The van der Waals surface area contributed by atoms with E-state index < -0.39 is 9.84 Å². The molecule has 0 heterocycles. The summed E-state index contributed by atoms with van der Waals surface area (Å²) in [5.74, 6) is -0.0381. The summed E-state index contributed by atoms with van der Waals surface area (Å²) >= 11 is 0. The molecule has 0 aliphatic heterocycles. The summed E-state index contributed by atoms with van der Waals surface area (Å²) in [7, 11) is -3.41. The minimum atomic E-state index is -3.41. The molecule has 1 aromatic rings. The van der Waals surface area contributed by atoms with Crippen LogP contribution < -0.4 is 5.32 Å². The van der Waals surface area contributed by atoms with Gasteiger partial charge in [0.25, 0.3) is 0 Å². The summed E-state index contributed by atoms with van der Waals surface area (Å²) in [6.07, 6.45) is 3.88. The van der Waals surface area contributed by atoms with Gasteiger partial charge in [-0.1, -0.05) is 18.9 Å². The second-order valence-electron chi connectivity index (χ2n) is 5.53. The molecule has 0 amide bonds. The van der Waals surface area contributed by atoms with Crippen LogP contribution >= 0.6 is 0 Å². The first-order chi connectivity index (χ1) is 10.0. The van der Waals surface area contributed by atoms with E-state index in [0.717, 1.165) is 25.7 Å². The van der Waals surface area contributed by atoms with Crippen LogP contribution in [0.15, 0.2) is 29.2 Å². The fourth-order valence-electron chi connectivity index (χ4n) is 2.77. The number of nitrogens with one attached hydrogen (secondary N) is 1. The molecule has 0 bridgehead atoms. The lowest BCUT2D eigenvalue weighted by Crippen LogP contribution is -2.47. The molecule has 6 heteroatoms. The van der Waals surface area contributed by atoms with E-state index in [1.165, 1.54) is 12.1 Å².